The molecule has 1 unspecified atom stereocenters. The number of nitrogens with zero attached hydrogens (tertiary/aromatic N) is 2. The molecule has 122 valence electrons. The Labute approximate surface area is 125 Å². The second-order valence-corrected chi connectivity index (χ2v) is 5.16. The molecule has 1 saturated heterocycles. The number of piperidine rings is 1. The van der Waals surface area contributed by atoms with Crippen LogP contribution < -0.4 is 4.90 Å². The molecule has 0 saturated carbocycles. The molecule has 22 heavy (non-hydrogen) atoms. The Hall–Kier alpha value is -1.83. The Morgan fingerprint density at radius 2 is 2.14 bits per heavy atom. The molecule has 0 aromatic heterocycles. The van der Waals surface area contributed by atoms with E-state index in [4.69, 9.17) is 0 Å². The second kappa shape index (κ2) is 6.51. The average Bonchev–Trinajstić information content (AvgIpc) is 2.52. The molecule has 2 rings (SSSR count). The molecule has 0 aliphatic carbocycles. The van der Waals surface area contributed by atoms with E-state index < -0.39 is 17.4 Å². The molecule has 1 atom stereocenters. The van der Waals surface area contributed by atoms with E-state index >= 15 is 0 Å². The highest BCUT2D eigenvalue weighted by Crippen LogP contribution is 2.39. The Morgan fingerprint density at radius 3 is 2.73 bits per heavy atom. The van der Waals surface area contributed by atoms with Gasteiger partial charge in [0.05, 0.1) is 17.6 Å². The molecular formula is C14H18F3N2O3+. The Kier molecular flexibility index (Phi) is 4.90. The van der Waals surface area contributed by atoms with Crippen LogP contribution in [-0.4, -0.2) is 36.3 Å². The molecule has 0 bridgehead atoms. The zero-order chi connectivity index (χ0) is 16.3. The maximum absolute atomic E-state index is 13.2. The van der Waals surface area contributed by atoms with Gasteiger partial charge in [0, 0.05) is 18.3 Å². The lowest BCUT2D eigenvalue weighted by atomic mass is 10.0. The molecular weight excluding hydrogens is 301 g/mol. The highest BCUT2D eigenvalue weighted by molar-refractivity contribution is 5.57. The molecule has 1 fully saturated rings. The first-order chi connectivity index (χ1) is 10.4. The van der Waals surface area contributed by atoms with Crippen LogP contribution in [0.4, 0.5) is 24.5 Å². The fraction of sp³-hybridized carbons (Fsp3) is 0.571. The zero-order valence-electron chi connectivity index (χ0n) is 12.1. The number of halogens is 3. The quantitative estimate of drug-likeness (QED) is 0.867. The minimum Gasteiger partial charge on any atom is -0.394 e. The summed E-state index contributed by atoms with van der Waals surface area (Å²) in [6.07, 6.45) is -2.16. The van der Waals surface area contributed by atoms with Gasteiger partial charge in [0.1, 0.15) is 5.56 Å². The van der Waals surface area contributed by atoms with E-state index in [1.54, 1.807) is 4.90 Å². The largest absolute Gasteiger partial charge is 0.423 e. The molecule has 5 nitrogen and oxygen atoms in total. The van der Waals surface area contributed by atoms with Crippen LogP contribution in [0, 0.1) is 4.91 Å². The highest BCUT2D eigenvalue weighted by Gasteiger charge is 2.41. The standard InChI is InChI=1S/C14H18F3N2O3/c1-22-19(21)13-6-5-10(8-12(13)14(15,16)17)18-7-3-2-4-11(18)9-20/h5-6,8,11,20H,2-4,7,9H2,1H3/q+1. The van der Waals surface area contributed by atoms with Gasteiger partial charge in [0.2, 0.25) is 0 Å². The predicted molar refractivity (Wildman–Crippen MR) is 73.8 cm³/mol. The lowest BCUT2D eigenvalue weighted by molar-refractivity contribution is -0.737. The van der Waals surface area contributed by atoms with Crippen LogP contribution in [0.1, 0.15) is 24.8 Å². The van der Waals surface area contributed by atoms with Crippen molar-refractivity contribution in [1.29, 1.82) is 0 Å². The third-order valence-electron chi connectivity index (χ3n) is 3.82. The van der Waals surface area contributed by atoms with Crippen LogP contribution in [0.3, 0.4) is 0 Å². The molecule has 1 aliphatic heterocycles. The molecule has 0 spiro atoms. The maximum Gasteiger partial charge on any atom is 0.423 e. The van der Waals surface area contributed by atoms with E-state index in [0.717, 1.165) is 38.5 Å². The molecule has 1 heterocycles. The summed E-state index contributed by atoms with van der Waals surface area (Å²) < 4.78 is 39.5. The molecule has 1 aromatic carbocycles. The van der Waals surface area contributed by atoms with Gasteiger partial charge in [-0.3, -0.25) is 0 Å². The summed E-state index contributed by atoms with van der Waals surface area (Å²) in [5, 5.41) is 9.39. The molecule has 8 heteroatoms. The van der Waals surface area contributed by atoms with Crippen LogP contribution in [0.2, 0.25) is 0 Å². The van der Waals surface area contributed by atoms with Crippen molar-refractivity contribution in [2.75, 3.05) is 25.2 Å². The van der Waals surface area contributed by atoms with Crippen LogP contribution in [0.15, 0.2) is 18.2 Å². The topological polar surface area (TPSA) is 52.8 Å². The monoisotopic (exact) mass is 319 g/mol. The van der Waals surface area contributed by atoms with Gasteiger partial charge in [-0.25, -0.2) is 4.84 Å². The van der Waals surface area contributed by atoms with Crippen molar-refractivity contribution < 1.29 is 28.0 Å². The van der Waals surface area contributed by atoms with Crippen molar-refractivity contribution in [3.63, 3.8) is 0 Å². The Bertz CT molecular complexity index is 549. The fourth-order valence-corrected chi connectivity index (χ4v) is 2.72. The number of aliphatic hydroxyl groups is 1. The van der Waals surface area contributed by atoms with Crippen LogP contribution in [0.25, 0.3) is 0 Å². The van der Waals surface area contributed by atoms with Crippen molar-refractivity contribution in [3.05, 3.63) is 28.7 Å². The van der Waals surface area contributed by atoms with Crippen LogP contribution >= 0.6 is 0 Å². The van der Waals surface area contributed by atoms with E-state index in [1.165, 1.54) is 6.07 Å². The van der Waals surface area contributed by atoms with Gasteiger partial charge in [-0.2, -0.15) is 13.2 Å². The Balaban J connectivity index is 2.44. The summed E-state index contributed by atoms with van der Waals surface area (Å²) in [6.45, 7) is 0.460. The van der Waals surface area contributed by atoms with Gasteiger partial charge in [-0.15, -0.1) is 0 Å². The summed E-state index contributed by atoms with van der Waals surface area (Å²) in [5.41, 5.74) is -1.29. The van der Waals surface area contributed by atoms with Gasteiger partial charge in [0.25, 0.3) is 4.92 Å². The van der Waals surface area contributed by atoms with Crippen molar-refractivity contribution in [2.24, 2.45) is 0 Å². The molecule has 1 aromatic rings. The van der Waals surface area contributed by atoms with E-state index in [2.05, 4.69) is 4.84 Å². The van der Waals surface area contributed by atoms with E-state index in [-0.39, 0.29) is 17.6 Å². The summed E-state index contributed by atoms with van der Waals surface area (Å²) >= 11 is 0. The van der Waals surface area contributed by atoms with Gasteiger partial charge >= 0.3 is 11.9 Å². The summed E-state index contributed by atoms with van der Waals surface area (Å²) in [6, 6.07) is 3.28. The Morgan fingerprint density at radius 1 is 1.41 bits per heavy atom. The molecule has 0 radical (unpaired) electrons. The first-order valence-electron chi connectivity index (χ1n) is 6.98. The fourth-order valence-electron chi connectivity index (χ4n) is 2.72. The first-order valence-corrected chi connectivity index (χ1v) is 6.98. The van der Waals surface area contributed by atoms with E-state index in [9.17, 15) is 23.2 Å². The van der Waals surface area contributed by atoms with Gasteiger partial charge in [-0.1, -0.05) is 0 Å². The highest BCUT2D eigenvalue weighted by atomic mass is 19.4. The summed E-state index contributed by atoms with van der Waals surface area (Å²) in [4.78, 5) is 17.3. The number of rotatable bonds is 4. The normalized spacial score (nSPS) is 19.1. The number of aliphatic hydroxyl groups excluding tert-OH is 1. The lowest BCUT2D eigenvalue weighted by Gasteiger charge is -2.36. The van der Waals surface area contributed by atoms with Gasteiger partial charge < -0.3 is 10.0 Å². The van der Waals surface area contributed by atoms with Crippen molar-refractivity contribution in [1.82, 2.24) is 0 Å². The zero-order valence-corrected chi connectivity index (χ0v) is 12.1. The van der Waals surface area contributed by atoms with Crippen molar-refractivity contribution >= 4 is 11.4 Å². The molecule has 1 N–H and O–H groups in total. The number of hydrogen-bond acceptors (Lipinski definition) is 4. The maximum atomic E-state index is 13.2. The van der Waals surface area contributed by atoms with Gasteiger partial charge in [0.15, 0.2) is 7.11 Å². The predicted octanol–water partition coefficient (Wildman–Crippen LogP) is 3.03. The van der Waals surface area contributed by atoms with E-state index in [0.29, 0.717) is 12.2 Å². The number of anilines is 1. The lowest BCUT2D eigenvalue weighted by Crippen LogP contribution is -2.42. The first kappa shape index (κ1) is 16.5. The summed E-state index contributed by atoms with van der Waals surface area (Å²) in [5.74, 6) is 0. The van der Waals surface area contributed by atoms with Gasteiger partial charge in [-0.05, 0) is 31.4 Å². The van der Waals surface area contributed by atoms with Crippen LogP contribution in [0.5, 0.6) is 0 Å². The number of alkyl halides is 3. The summed E-state index contributed by atoms with van der Waals surface area (Å²) in [7, 11) is 1.01. The van der Waals surface area contributed by atoms with Crippen molar-refractivity contribution in [3.8, 4) is 0 Å². The van der Waals surface area contributed by atoms with Crippen molar-refractivity contribution in [2.45, 2.75) is 31.5 Å². The van der Waals surface area contributed by atoms with Crippen LogP contribution in [-0.2, 0) is 11.0 Å². The minimum absolute atomic E-state index is 0.116. The third-order valence-corrected chi connectivity index (χ3v) is 3.82. The SMILES string of the molecule is CO[N+](=O)c1ccc(N2CCCCC2CO)cc1C(F)(F)F. The smallest absolute Gasteiger partial charge is 0.394 e. The van der Waals surface area contributed by atoms with E-state index in [1.807, 2.05) is 0 Å². The third kappa shape index (κ3) is 3.32. The molecule has 1 aliphatic rings. The number of hydrogen-bond donors (Lipinski definition) is 1. The number of benzene rings is 1. The average molecular weight is 319 g/mol. The minimum atomic E-state index is -4.67. The molecule has 0 amide bonds. The second-order valence-electron chi connectivity index (χ2n) is 5.16.